The van der Waals surface area contributed by atoms with Gasteiger partial charge in [0, 0.05) is 51.7 Å². The number of hydrogen-bond acceptors (Lipinski definition) is 3. The molecule has 1 aliphatic carbocycles. The normalized spacial score (nSPS) is 19.0. The molecule has 0 atom stereocenters. The Morgan fingerprint density at radius 2 is 1.82 bits per heavy atom. The molecule has 0 spiro atoms. The van der Waals surface area contributed by atoms with E-state index in [1.165, 1.54) is 18.4 Å². The molecule has 0 unspecified atom stereocenters. The van der Waals surface area contributed by atoms with Crippen LogP contribution >= 0.6 is 0 Å². The molecule has 1 aromatic carbocycles. The summed E-state index contributed by atoms with van der Waals surface area (Å²) in [5.74, 6) is 1.08. The van der Waals surface area contributed by atoms with Crippen LogP contribution in [-0.2, 0) is 11.3 Å². The predicted molar refractivity (Wildman–Crippen MR) is 114 cm³/mol. The molecule has 154 valence electrons. The third kappa shape index (κ3) is 6.51. The first-order chi connectivity index (χ1) is 13.7. The molecule has 2 aliphatic rings. The van der Waals surface area contributed by atoms with Crippen LogP contribution in [0.2, 0.25) is 0 Å². The van der Waals surface area contributed by atoms with E-state index in [4.69, 9.17) is 4.99 Å². The van der Waals surface area contributed by atoms with E-state index in [1.807, 2.05) is 0 Å². The average molecular weight is 386 g/mol. The molecule has 0 aromatic heterocycles. The first kappa shape index (κ1) is 20.6. The fourth-order valence-electron chi connectivity index (χ4n) is 4.02. The number of benzene rings is 1. The van der Waals surface area contributed by atoms with Crippen molar-refractivity contribution < 1.29 is 4.79 Å². The van der Waals surface area contributed by atoms with Gasteiger partial charge in [-0.3, -0.25) is 14.7 Å². The molecule has 3 rings (SSSR count). The van der Waals surface area contributed by atoms with Crippen molar-refractivity contribution in [2.75, 3.05) is 39.3 Å². The standard InChI is InChI=1S/C22H35N5O/c1-2-23-22(24-13-12-21(28)25-20-10-6-7-11-20)27-16-14-26(15-17-27)18-19-8-4-3-5-9-19/h3-5,8-9,20H,2,6-7,10-18H2,1H3,(H,23,24)(H,25,28). The zero-order chi connectivity index (χ0) is 19.6. The third-order valence-corrected chi connectivity index (χ3v) is 5.58. The molecule has 0 bridgehead atoms. The van der Waals surface area contributed by atoms with Gasteiger partial charge in [-0.2, -0.15) is 0 Å². The third-order valence-electron chi connectivity index (χ3n) is 5.58. The number of guanidine groups is 1. The fraction of sp³-hybridized carbons (Fsp3) is 0.636. The number of carbonyl (C=O) groups excluding carboxylic acids is 1. The Morgan fingerprint density at radius 3 is 2.50 bits per heavy atom. The second-order valence-corrected chi connectivity index (χ2v) is 7.78. The Morgan fingerprint density at radius 1 is 1.11 bits per heavy atom. The quantitative estimate of drug-likeness (QED) is 0.558. The summed E-state index contributed by atoms with van der Waals surface area (Å²) in [5.41, 5.74) is 1.37. The van der Waals surface area contributed by atoms with Gasteiger partial charge in [0.25, 0.3) is 0 Å². The van der Waals surface area contributed by atoms with E-state index in [2.05, 4.69) is 57.7 Å². The molecule has 1 amide bonds. The summed E-state index contributed by atoms with van der Waals surface area (Å²) in [6.45, 7) is 8.48. The Balaban J connectivity index is 1.43. The van der Waals surface area contributed by atoms with E-state index < -0.39 is 0 Å². The van der Waals surface area contributed by atoms with Crippen molar-refractivity contribution in [3.8, 4) is 0 Å². The molecule has 1 saturated heterocycles. The second-order valence-electron chi connectivity index (χ2n) is 7.78. The van der Waals surface area contributed by atoms with Gasteiger partial charge in [0.1, 0.15) is 0 Å². The van der Waals surface area contributed by atoms with Crippen molar-refractivity contribution in [2.24, 2.45) is 4.99 Å². The second kappa shape index (κ2) is 11.1. The summed E-state index contributed by atoms with van der Waals surface area (Å²) >= 11 is 0. The van der Waals surface area contributed by atoms with Crippen LogP contribution in [0, 0.1) is 0 Å². The molecule has 1 heterocycles. The van der Waals surface area contributed by atoms with E-state index >= 15 is 0 Å². The van der Waals surface area contributed by atoms with Gasteiger partial charge in [-0.1, -0.05) is 43.2 Å². The first-order valence-electron chi connectivity index (χ1n) is 10.8. The Kier molecular flexibility index (Phi) is 8.15. The van der Waals surface area contributed by atoms with Gasteiger partial charge >= 0.3 is 0 Å². The summed E-state index contributed by atoms with van der Waals surface area (Å²) in [6.07, 6.45) is 5.21. The minimum absolute atomic E-state index is 0.138. The van der Waals surface area contributed by atoms with E-state index in [9.17, 15) is 4.79 Å². The van der Waals surface area contributed by atoms with Crippen LogP contribution in [0.25, 0.3) is 0 Å². The van der Waals surface area contributed by atoms with E-state index in [0.29, 0.717) is 19.0 Å². The Labute approximate surface area is 169 Å². The predicted octanol–water partition coefficient (Wildman–Crippen LogP) is 2.22. The summed E-state index contributed by atoms with van der Waals surface area (Å²) in [6, 6.07) is 11.0. The van der Waals surface area contributed by atoms with Gasteiger partial charge in [0.2, 0.25) is 5.91 Å². The van der Waals surface area contributed by atoms with E-state index in [-0.39, 0.29) is 5.91 Å². The smallest absolute Gasteiger partial charge is 0.222 e. The molecule has 1 aromatic rings. The molecule has 6 nitrogen and oxygen atoms in total. The minimum atomic E-state index is 0.138. The molecule has 0 radical (unpaired) electrons. The van der Waals surface area contributed by atoms with Crippen LogP contribution in [0.5, 0.6) is 0 Å². The maximum absolute atomic E-state index is 12.1. The van der Waals surface area contributed by atoms with Crippen LogP contribution in [0.4, 0.5) is 0 Å². The highest BCUT2D eigenvalue weighted by Crippen LogP contribution is 2.17. The lowest BCUT2D eigenvalue weighted by atomic mass is 10.2. The van der Waals surface area contributed by atoms with E-state index in [0.717, 1.165) is 58.1 Å². The molecule has 1 aliphatic heterocycles. The number of nitrogens with zero attached hydrogens (tertiary/aromatic N) is 3. The number of amides is 1. The fourth-order valence-corrected chi connectivity index (χ4v) is 4.02. The highest BCUT2D eigenvalue weighted by atomic mass is 16.1. The van der Waals surface area contributed by atoms with Crippen molar-refractivity contribution in [2.45, 2.75) is 51.6 Å². The van der Waals surface area contributed by atoms with Crippen LogP contribution in [0.15, 0.2) is 35.3 Å². The van der Waals surface area contributed by atoms with Gasteiger partial charge in [-0.25, -0.2) is 0 Å². The zero-order valence-corrected chi connectivity index (χ0v) is 17.2. The molecule has 1 saturated carbocycles. The van der Waals surface area contributed by atoms with Gasteiger partial charge in [-0.05, 0) is 25.3 Å². The van der Waals surface area contributed by atoms with Crippen LogP contribution in [0.1, 0.15) is 44.6 Å². The monoisotopic (exact) mass is 385 g/mol. The summed E-state index contributed by atoms with van der Waals surface area (Å²) < 4.78 is 0. The number of rotatable bonds is 7. The highest BCUT2D eigenvalue weighted by Gasteiger charge is 2.20. The molecular formula is C22H35N5O. The maximum atomic E-state index is 12.1. The molecule has 2 fully saturated rings. The summed E-state index contributed by atoms with van der Waals surface area (Å²) in [7, 11) is 0. The van der Waals surface area contributed by atoms with Crippen molar-refractivity contribution in [3.63, 3.8) is 0 Å². The lowest BCUT2D eigenvalue weighted by Gasteiger charge is -2.36. The van der Waals surface area contributed by atoms with Crippen molar-refractivity contribution >= 4 is 11.9 Å². The van der Waals surface area contributed by atoms with E-state index in [1.54, 1.807) is 0 Å². The molecule has 2 N–H and O–H groups in total. The maximum Gasteiger partial charge on any atom is 0.222 e. The SMILES string of the molecule is CCNC(=NCCC(=O)NC1CCCC1)N1CCN(Cc2ccccc2)CC1. The summed E-state index contributed by atoms with van der Waals surface area (Å²) in [4.78, 5) is 21.6. The number of aliphatic imine (C=N–C) groups is 1. The number of hydrogen-bond donors (Lipinski definition) is 2. The Bertz CT molecular complexity index is 619. The van der Waals surface area contributed by atoms with Gasteiger partial charge in [0.15, 0.2) is 5.96 Å². The van der Waals surface area contributed by atoms with Crippen molar-refractivity contribution in [3.05, 3.63) is 35.9 Å². The van der Waals surface area contributed by atoms with Gasteiger partial charge in [-0.15, -0.1) is 0 Å². The van der Waals surface area contributed by atoms with Crippen LogP contribution in [-0.4, -0.2) is 67.0 Å². The van der Waals surface area contributed by atoms with Crippen molar-refractivity contribution in [1.29, 1.82) is 0 Å². The lowest BCUT2D eigenvalue weighted by molar-refractivity contribution is -0.121. The van der Waals surface area contributed by atoms with Gasteiger partial charge < -0.3 is 15.5 Å². The van der Waals surface area contributed by atoms with Gasteiger partial charge in [0.05, 0.1) is 6.54 Å². The lowest BCUT2D eigenvalue weighted by Crippen LogP contribution is -2.52. The first-order valence-corrected chi connectivity index (χ1v) is 10.8. The molecule has 6 heteroatoms. The number of nitrogens with one attached hydrogen (secondary N) is 2. The number of piperazine rings is 1. The topological polar surface area (TPSA) is 60.0 Å². The number of carbonyl (C=O) groups is 1. The van der Waals surface area contributed by atoms with Crippen LogP contribution in [0.3, 0.4) is 0 Å². The zero-order valence-electron chi connectivity index (χ0n) is 17.2. The van der Waals surface area contributed by atoms with Crippen molar-refractivity contribution in [1.82, 2.24) is 20.4 Å². The molecular weight excluding hydrogens is 350 g/mol. The largest absolute Gasteiger partial charge is 0.357 e. The highest BCUT2D eigenvalue weighted by molar-refractivity contribution is 5.81. The molecule has 28 heavy (non-hydrogen) atoms. The average Bonchev–Trinajstić information content (AvgIpc) is 3.22. The minimum Gasteiger partial charge on any atom is -0.357 e. The summed E-state index contributed by atoms with van der Waals surface area (Å²) in [5, 5.41) is 6.53. The Hall–Kier alpha value is -2.08. The van der Waals surface area contributed by atoms with Crippen LogP contribution < -0.4 is 10.6 Å².